The third-order valence-electron chi connectivity index (χ3n) is 3.10. The Kier molecular flexibility index (Phi) is 4.58. The van der Waals surface area contributed by atoms with Crippen molar-refractivity contribution in [1.82, 2.24) is 9.78 Å². The minimum atomic E-state index is -0.457. The topological polar surface area (TPSA) is 53.1 Å². The molecule has 2 aromatic rings. The van der Waals surface area contributed by atoms with Crippen LogP contribution in [0.5, 0.6) is 5.75 Å². The van der Waals surface area contributed by atoms with Crippen molar-refractivity contribution in [1.29, 1.82) is 0 Å². The molecule has 1 aromatic carbocycles. The summed E-state index contributed by atoms with van der Waals surface area (Å²) >= 11 is 12.3. The molecule has 0 aliphatic heterocycles. The maximum atomic E-state index is 6.36. The average molecular weight is 314 g/mol. The lowest BCUT2D eigenvalue weighted by atomic mass is 10.0. The predicted molar refractivity (Wildman–Crippen MR) is 81.7 cm³/mol. The SMILES string of the molecule is COc1cnn(C(C)C)c1C(N)c1cc(Cl)ccc1Cl. The largest absolute Gasteiger partial charge is 0.493 e. The molecule has 1 heterocycles. The normalized spacial score (nSPS) is 12.8. The summed E-state index contributed by atoms with van der Waals surface area (Å²) in [6, 6.07) is 4.95. The fourth-order valence-corrected chi connectivity index (χ4v) is 2.54. The van der Waals surface area contributed by atoms with Crippen LogP contribution in [-0.4, -0.2) is 16.9 Å². The quantitative estimate of drug-likeness (QED) is 0.933. The van der Waals surface area contributed by atoms with Crippen molar-refractivity contribution in [3.63, 3.8) is 0 Å². The molecular formula is C14H17Cl2N3O. The minimum Gasteiger partial charge on any atom is -0.493 e. The van der Waals surface area contributed by atoms with Gasteiger partial charge >= 0.3 is 0 Å². The van der Waals surface area contributed by atoms with Crippen LogP contribution in [0.15, 0.2) is 24.4 Å². The van der Waals surface area contributed by atoms with Crippen LogP contribution >= 0.6 is 23.2 Å². The van der Waals surface area contributed by atoms with Gasteiger partial charge in [0.15, 0.2) is 5.75 Å². The van der Waals surface area contributed by atoms with Crippen LogP contribution in [0.25, 0.3) is 0 Å². The number of nitrogens with zero attached hydrogens (tertiary/aromatic N) is 2. The number of rotatable bonds is 4. The number of aromatic nitrogens is 2. The molecule has 108 valence electrons. The van der Waals surface area contributed by atoms with Gasteiger partial charge in [0.05, 0.1) is 19.3 Å². The predicted octanol–water partition coefficient (Wildman–Crippen LogP) is 3.83. The molecule has 2 rings (SSSR count). The number of nitrogens with two attached hydrogens (primary N) is 1. The molecule has 0 bridgehead atoms. The van der Waals surface area contributed by atoms with Gasteiger partial charge in [-0.2, -0.15) is 5.10 Å². The molecule has 0 aliphatic rings. The van der Waals surface area contributed by atoms with Crippen LogP contribution in [-0.2, 0) is 0 Å². The van der Waals surface area contributed by atoms with Crippen molar-refractivity contribution < 1.29 is 4.74 Å². The highest BCUT2D eigenvalue weighted by Gasteiger charge is 2.23. The highest BCUT2D eigenvalue weighted by atomic mass is 35.5. The highest BCUT2D eigenvalue weighted by Crippen LogP contribution is 2.34. The summed E-state index contributed by atoms with van der Waals surface area (Å²) in [5.41, 5.74) is 7.90. The Labute approximate surface area is 128 Å². The zero-order chi connectivity index (χ0) is 14.9. The smallest absolute Gasteiger partial charge is 0.161 e. The van der Waals surface area contributed by atoms with Gasteiger partial charge in [0.2, 0.25) is 0 Å². The molecule has 0 spiro atoms. The summed E-state index contributed by atoms with van der Waals surface area (Å²) in [6.07, 6.45) is 1.66. The molecule has 0 saturated carbocycles. The molecule has 20 heavy (non-hydrogen) atoms. The molecule has 0 radical (unpaired) electrons. The van der Waals surface area contributed by atoms with E-state index >= 15 is 0 Å². The highest BCUT2D eigenvalue weighted by molar-refractivity contribution is 6.33. The zero-order valence-electron chi connectivity index (χ0n) is 11.6. The summed E-state index contributed by atoms with van der Waals surface area (Å²) < 4.78 is 7.18. The van der Waals surface area contributed by atoms with Crippen LogP contribution in [0, 0.1) is 0 Å². The summed E-state index contributed by atoms with van der Waals surface area (Å²) in [5.74, 6) is 0.641. The Hall–Kier alpha value is -1.23. The standard InChI is InChI=1S/C14H17Cl2N3O/c1-8(2)19-14(12(20-3)7-18-19)13(17)10-6-9(15)4-5-11(10)16/h4-8,13H,17H2,1-3H3. The summed E-state index contributed by atoms with van der Waals surface area (Å²) in [4.78, 5) is 0. The van der Waals surface area contributed by atoms with Gasteiger partial charge in [-0.1, -0.05) is 23.2 Å². The van der Waals surface area contributed by atoms with Crippen molar-refractivity contribution in [2.45, 2.75) is 25.9 Å². The Bertz CT molecular complexity index is 610. The Morgan fingerprint density at radius 1 is 1.30 bits per heavy atom. The number of hydrogen-bond donors (Lipinski definition) is 1. The molecule has 0 aliphatic carbocycles. The van der Waals surface area contributed by atoms with Gasteiger partial charge in [-0.15, -0.1) is 0 Å². The van der Waals surface area contributed by atoms with Crippen LogP contribution < -0.4 is 10.5 Å². The number of halogens is 2. The van der Waals surface area contributed by atoms with Crippen molar-refractivity contribution in [2.75, 3.05) is 7.11 Å². The minimum absolute atomic E-state index is 0.165. The lowest BCUT2D eigenvalue weighted by molar-refractivity contribution is 0.401. The van der Waals surface area contributed by atoms with Gasteiger partial charge in [0.1, 0.15) is 5.69 Å². The van der Waals surface area contributed by atoms with Crippen molar-refractivity contribution in [3.8, 4) is 5.75 Å². The lowest BCUT2D eigenvalue weighted by Crippen LogP contribution is -2.20. The molecule has 1 unspecified atom stereocenters. The van der Waals surface area contributed by atoms with E-state index in [-0.39, 0.29) is 6.04 Å². The van der Waals surface area contributed by atoms with Crippen molar-refractivity contribution in [2.24, 2.45) is 5.73 Å². The maximum Gasteiger partial charge on any atom is 0.161 e. The first-order chi connectivity index (χ1) is 9.45. The first kappa shape index (κ1) is 15.2. The molecule has 6 heteroatoms. The van der Waals surface area contributed by atoms with Crippen LogP contribution in [0.2, 0.25) is 10.0 Å². The number of methoxy groups -OCH3 is 1. The second-order valence-corrected chi connectivity index (χ2v) is 5.62. The molecule has 1 aromatic heterocycles. The summed E-state index contributed by atoms with van der Waals surface area (Å²) in [7, 11) is 1.59. The van der Waals surface area contributed by atoms with Gasteiger partial charge in [0.25, 0.3) is 0 Å². The first-order valence-electron chi connectivity index (χ1n) is 6.27. The van der Waals surface area contributed by atoms with Crippen LogP contribution in [0.3, 0.4) is 0 Å². The van der Waals surface area contributed by atoms with Crippen molar-refractivity contribution in [3.05, 3.63) is 45.7 Å². The van der Waals surface area contributed by atoms with E-state index in [9.17, 15) is 0 Å². The monoisotopic (exact) mass is 313 g/mol. The van der Waals surface area contributed by atoms with Crippen molar-refractivity contribution >= 4 is 23.2 Å². The number of hydrogen-bond acceptors (Lipinski definition) is 3. The molecular weight excluding hydrogens is 297 g/mol. The molecule has 0 amide bonds. The molecule has 2 N–H and O–H groups in total. The van der Waals surface area contributed by atoms with E-state index in [0.717, 1.165) is 11.3 Å². The van der Waals surface area contributed by atoms with E-state index in [1.807, 2.05) is 18.5 Å². The second-order valence-electron chi connectivity index (χ2n) is 4.78. The number of ether oxygens (including phenoxy) is 1. The van der Waals surface area contributed by atoms with E-state index < -0.39 is 6.04 Å². The molecule has 0 saturated heterocycles. The first-order valence-corrected chi connectivity index (χ1v) is 7.03. The maximum absolute atomic E-state index is 6.36. The Morgan fingerprint density at radius 3 is 2.60 bits per heavy atom. The lowest BCUT2D eigenvalue weighted by Gasteiger charge is -2.19. The van der Waals surface area contributed by atoms with E-state index in [4.69, 9.17) is 33.7 Å². The number of benzene rings is 1. The van der Waals surface area contributed by atoms with Gasteiger partial charge in [-0.25, -0.2) is 0 Å². The fourth-order valence-electron chi connectivity index (χ4n) is 2.12. The average Bonchev–Trinajstić information content (AvgIpc) is 2.84. The summed E-state index contributed by atoms with van der Waals surface area (Å²) in [5, 5.41) is 5.48. The van der Waals surface area contributed by atoms with Crippen LogP contribution in [0.4, 0.5) is 0 Å². The van der Waals surface area contributed by atoms with E-state index in [1.165, 1.54) is 0 Å². The van der Waals surface area contributed by atoms with Gasteiger partial charge in [0, 0.05) is 16.1 Å². The summed E-state index contributed by atoms with van der Waals surface area (Å²) in [6.45, 7) is 4.06. The van der Waals surface area contributed by atoms with Gasteiger partial charge in [-0.05, 0) is 37.6 Å². The molecule has 1 atom stereocenters. The third kappa shape index (κ3) is 2.77. The van der Waals surface area contributed by atoms with E-state index in [2.05, 4.69) is 5.10 Å². The van der Waals surface area contributed by atoms with Gasteiger partial charge < -0.3 is 10.5 Å². The molecule has 0 fully saturated rings. The second kappa shape index (κ2) is 6.04. The Balaban J connectivity index is 2.55. The fraction of sp³-hybridized carbons (Fsp3) is 0.357. The van der Waals surface area contributed by atoms with E-state index in [1.54, 1.807) is 31.5 Å². The van der Waals surface area contributed by atoms with Crippen LogP contribution in [0.1, 0.15) is 37.2 Å². The Morgan fingerprint density at radius 2 is 2.00 bits per heavy atom. The zero-order valence-corrected chi connectivity index (χ0v) is 13.1. The van der Waals surface area contributed by atoms with Gasteiger partial charge in [-0.3, -0.25) is 4.68 Å². The van der Waals surface area contributed by atoms with E-state index in [0.29, 0.717) is 15.8 Å². The molecule has 4 nitrogen and oxygen atoms in total. The third-order valence-corrected chi connectivity index (χ3v) is 3.67.